The number of aryl methyl sites for hydroxylation is 1. The minimum atomic E-state index is -5.65. The van der Waals surface area contributed by atoms with Crippen LogP contribution in [-0.2, 0) is 47.3 Å². The summed E-state index contributed by atoms with van der Waals surface area (Å²) in [5.41, 5.74) is -5.26. The first-order chi connectivity index (χ1) is 20.6. The van der Waals surface area contributed by atoms with E-state index < -0.39 is 54.3 Å². The number of alkyl halides is 2. The number of esters is 2. The summed E-state index contributed by atoms with van der Waals surface area (Å²) in [5.74, 6) is -1.38. The summed E-state index contributed by atoms with van der Waals surface area (Å²) in [6, 6.07) is 9.91. The highest BCUT2D eigenvalue weighted by atomic mass is 79.9. The lowest BCUT2D eigenvalue weighted by Gasteiger charge is -2.24. The summed E-state index contributed by atoms with van der Waals surface area (Å²) in [7, 11) is -4.10. The summed E-state index contributed by atoms with van der Waals surface area (Å²) in [4.78, 5) is 47.2. The molecule has 1 N–H and O–H groups in total. The monoisotopic (exact) mass is 716 g/mol. The van der Waals surface area contributed by atoms with Crippen molar-refractivity contribution in [2.24, 2.45) is 12.5 Å². The van der Waals surface area contributed by atoms with Crippen molar-refractivity contribution in [2.75, 3.05) is 13.6 Å². The Morgan fingerprint density at radius 1 is 0.978 bits per heavy atom. The fraction of sp³-hybridized carbons (Fsp3) is 0.433. The zero-order chi connectivity index (χ0) is 34.0. The van der Waals surface area contributed by atoms with Crippen molar-refractivity contribution in [2.45, 2.75) is 59.4 Å². The molecule has 0 aliphatic rings. The standard InChI is InChI=1S/C30H36BrF2N2O9P/c1-28(2,3)26(37)42-18-44-45(39,40)30(32,33)22-13-8-19(14-23(22)31)15-35-24(16-34(7)27(35)38)20-9-11-21(12-10-20)25(36)41-17-43-29(4,5)6/h8-14,16H,15,17-18H2,1-7H3,(H,39,40). The quantitative estimate of drug-likeness (QED) is 0.136. The lowest BCUT2D eigenvalue weighted by Crippen LogP contribution is -2.25. The number of halogens is 3. The SMILES string of the molecule is Cn1cc(-c2ccc(C(=O)OCOC(C)(C)C)cc2)n(Cc2ccc(C(F)(F)P(=O)(O)OCOC(=O)C(C)(C)C)c(Br)c2)c1=O. The Bertz CT molecular complexity index is 1660. The van der Waals surface area contributed by atoms with Gasteiger partial charge in [-0.05, 0) is 70.9 Å². The van der Waals surface area contributed by atoms with Crippen molar-refractivity contribution < 1.29 is 46.6 Å². The van der Waals surface area contributed by atoms with Crippen LogP contribution in [-0.4, -0.2) is 45.2 Å². The summed E-state index contributed by atoms with van der Waals surface area (Å²) < 4.78 is 65.1. The maximum absolute atomic E-state index is 15.2. The number of rotatable bonds is 11. The smallest absolute Gasteiger partial charge is 0.404 e. The Kier molecular flexibility index (Phi) is 11.0. The van der Waals surface area contributed by atoms with Gasteiger partial charge in [-0.1, -0.05) is 40.2 Å². The number of aromatic nitrogens is 2. The summed E-state index contributed by atoms with van der Waals surface area (Å²) in [5, 5.41) is 0. The third-order valence-corrected chi connectivity index (χ3v) is 8.38. The van der Waals surface area contributed by atoms with Gasteiger partial charge in [-0.2, -0.15) is 8.78 Å². The van der Waals surface area contributed by atoms with Crippen LogP contribution in [0.3, 0.4) is 0 Å². The molecule has 246 valence electrons. The van der Waals surface area contributed by atoms with E-state index in [1.165, 1.54) is 42.0 Å². The molecule has 3 rings (SSSR count). The fourth-order valence-corrected chi connectivity index (χ4v) is 5.48. The maximum atomic E-state index is 15.2. The van der Waals surface area contributed by atoms with Crippen LogP contribution >= 0.6 is 23.5 Å². The van der Waals surface area contributed by atoms with E-state index in [-0.39, 0.29) is 23.4 Å². The van der Waals surface area contributed by atoms with Crippen LogP contribution in [0.4, 0.5) is 8.78 Å². The second kappa shape index (κ2) is 13.7. The molecule has 1 aromatic heterocycles. The van der Waals surface area contributed by atoms with Crippen LogP contribution in [0.25, 0.3) is 11.3 Å². The van der Waals surface area contributed by atoms with Crippen LogP contribution in [0, 0.1) is 5.41 Å². The van der Waals surface area contributed by atoms with Gasteiger partial charge in [0.25, 0.3) is 0 Å². The maximum Gasteiger partial charge on any atom is 0.404 e. The Balaban J connectivity index is 1.79. The molecule has 0 fully saturated rings. The Hall–Kier alpha value is -3.16. The number of hydrogen-bond acceptors (Lipinski definition) is 8. The van der Waals surface area contributed by atoms with E-state index in [0.717, 1.165) is 6.07 Å². The van der Waals surface area contributed by atoms with E-state index >= 15 is 8.78 Å². The van der Waals surface area contributed by atoms with Gasteiger partial charge in [-0.3, -0.25) is 18.5 Å². The zero-order valence-corrected chi connectivity index (χ0v) is 28.4. The van der Waals surface area contributed by atoms with Gasteiger partial charge in [0.15, 0.2) is 6.79 Å². The summed E-state index contributed by atoms with van der Waals surface area (Å²) in [6.45, 7) is 8.67. The van der Waals surface area contributed by atoms with Crippen molar-refractivity contribution in [3.05, 3.63) is 80.3 Å². The predicted molar refractivity (Wildman–Crippen MR) is 165 cm³/mol. The Morgan fingerprint density at radius 3 is 2.16 bits per heavy atom. The molecule has 0 bridgehead atoms. The number of carbonyl (C=O) groups excluding carboxylic acids is 2. The lowest BCUT2D eigenvalue weighted by atomic mass is 9.98. The molecule has 0 radical (unpaired) electrons. The number of imidazole rings is 1. The van der Waals surface area contributed by atoms with E-state index in [9.17, 15) is 23.8 Å². The lowest BCUT2D eigenvalue weighted by molar-refractivity contribution is -0.160. The van der Waals surface area contributed by atoms with Gasteiger partial charge < -0.3 is 23.7 Å². The average Bonchev–Trinajstić information content (AvgIpc) is 3.20. The van der Waals surface area contributed by atoms with Gasteiger partial charge in [0.2, 0.25) is 6.79 Å². The van der Waals surface area contributed by atoms with Crippen LogP contribution in [0.5, 0.6) is 0 Å². The molecule has 1 unspecified atom stereocenters. The van der Waals surface area contributed by atoms with E-state index in [4.69, 9.17) is 14.2 Å². The van der Waals surface area contributed by atoms with Gasteiger partial charge in [0.05, 0.1) is 28.8 Å². The fourth-order valence-electron chi connectivity index (χ4n) is 3.79. The zero-order valence-electron chi connectivity index (χ0n) is 25.9. The second-order valence-electron chi connectivity index (χ2n) is 12.2. The van der Waals surface area contributed by atoms with Crippen molar-refractivity contribution in [3.63, 3.8) is 0 Å². The summed E-state index contributed by atoms with van der Waals surface area (Å²) >= 11 is 3.05. The van der Waals surface area contributed by atoms with Gasteiger partial charge >= 0.3 is 30.9 Å². The van der Waals surface area contributed by atoms with E-state index in [0.29, 0.717) is 16.8 Å². The second-order valence-corrected chi connectivity index (χ2v) is 14.9. The first-order valence-electron chi connectivity index (χ1n) is 13.6. The van der Waals surface area contributed by atoms with Crippen LogP contribution < -0.4 is 5.69 Å². The molecule has 1 heterocycles. The molecule has 0 amide bonds. The third-order valence-electron chi connectivity index (χ3n) is 6.32. The molecule has 0 saturated carbocycles. The van der Waals surface area contributed by atoms with Crippen molar-refractivity contribution in [1.29, 1.82) is 0 Å². The van der Waals surface area contributed by atoms with E-state index in [1.54, 1.807) is 37.5 Å². The molecule has 0 saturated heterocycles. The molecular formula is C30H36BrF2N2O9P. The molecule has 1 atom stereocenters. The first kappa shape index (κ1) is 36.3. The number of ether oxygens (including phenoxy) is 3. The van der Waals surface area contributed by atoms with Crippen molar-refractivity contribution >= 4 is 35.5 Å². The van der Waals surface area contributed by atoms with Crippen LogP contribution in [0.1, 0.15) is 63.0 Å². The molecule has 0 spiro atoms. The van der Waals surface area contributed by atoms with Crippen molar-refractivity contribution in [3.8, 4) is 11.3 Å². The molecule has 15 heteroatoms. The molecule has 3 aromatic rings. The van der Waals surface area contributed by atoms with Gasteiger partial charge in [-0.15, -0.1) is 0 Å². The highest BCUT2D eigenvalue weighted by Gasteiger charge is 2.54. The molecule has 45 heavy (non-hydrogen) atoms. The summed E-state index contributed by atoms with van der Waals surface area (Å²) in [6.07, 6.45) is 1.59. The minimum Gasteiger partial charge on any atom is -0.438 e. The Morgan fingerprint density at radius 2 is 1.60 bits per heavy atom. The van der Waals surface area contributed by atoms with Gasteiger partial charge in [-0.25, -0.2) is 9.59 Å². The van der Waals surface area contributed by atoms with Crippen LogP contribution in [0.15, 0.2) is 57.9 Å². The average molecular weight is 717 g/mol. The van der Waals surface area contributed by atoms with E-state index in [1.807, 2.05) is 20.8 Å². The van der Waals surface area contributed by atoms with Crippen LogP contribution in [0.2, 0.25) is 0 Å². The number of benzene rings is 2. The normalized spacial score (nSPS) is 13.8. The first-order valence-corrected chi connectivity index (χ1v) is 16.0. The molecular weight excluding hydrogens is 681 g/mol. The van der Waals surface area contributed by atoms with Crippen molar-refractivity contribution in [1.82, 2.24) is 9.13 Å². The highest BCUT2D eigenvalue weighted by molar-refractivity contribution is 9.10. The molecule has 2 aromatic carbocycles. The van der Waals surface area contributed by atoms with Gasteiger partial charge in [0, 0.05) is 23.3 Å². The van der Waals surface area contributed by atoms with Gasteiger partial charge in [0.1, 0.15) is 0 Å². The third kappa shape index (κ3) is 8.98. The molecule has 0 aliphatic heterocycles. The largest absolute Gasteiger partial charge is 0.438 e. The molecule has 0 aliphatic carbocycles. The number of carbonyl (C=O) groups is 2. The highest BCUT2D eigenvalue weighted by Crippen LogP contribution is 2.64. The number of hydrogen-bond donors (Lipinski definition) is 1. The van der Waals surface area contributed by atoms with E-state index in [2.05, 4.69) is 20.5 Å². The molecule has 11 nitrogen and oxygen atoms in total. The topological polar surface area (TPSA) is 135 Å². The minimum absolute atomic E-state index is 0.0383. The predicted octanol–water partition coefficient (Wildman–Crippen LogP) is 6.39. The Labute approximate surface area is 267 Å². The number of nitrogens with zero attached hydrogens (tertiary/aromatic N) is 2.